The monoisotopic (exact) mass is 382 g/mol. The summed E-state index contributed by atoms with van der Waals surface area (Å²) in [5.74, 6) is -0.978. The Morgan fingerprint density at radius 3 is 2.52 bits per heavy atom. The average molecular weight is 382 g/mol. The molecular formula is C19H26O8. The van der Waals surface area contributed by atoms with Gasteiger partial charge in [-0.15, -0.1) is 0 Å². The fraction of sp³-hybridized carbons (Fsp3) is 0.789. The fourth-order valence-electron chi connectivity index (χ4n) is 5.60. The number of epoxide rings is 1. The van der Waals surface area contributed by atoms with Crippen molar-refractivity contribution >= 4 is 11.9 Å². The molecule has 4 rings (SSSR count). The summed E-state index contributed by atoms with van der Waals surface area (Å²) < 4.78 is 23.1. The van der Waals surface area contributed by atoms with Crippen molar-refractivity contribution in [2.45, 2.75) is 70.2 Å². The van der Waals surface area contributed by atoms with Crippen molar-refractivity contribution in [3.63, 3.8) is 0 Å². The van der Waals surface area contributed by atoms with Gasteiger partial charge in [0.25, 0.3) is 0 Å². The second-order valence-corrected chi connectivity index (χ2v) is 8.45. The number of carbonyl (C=O) groups excluding carboxylic acids is 2. The van der Waals surface area contributed by atoms with Gasteiger partial charge < -0.3 is 29.2 Å². The predicted octanol–water partition coefficient (Wildman–Crippen LogP) is 0.0957. The van der Waals surface area contributed by atoms with E-state index in [4.69, 9.17) is 18.9 Å². The molecule has 2 aliphatic carbocycles. The highest BCUT2D eigenvalue weighted by Crippen LogP contribution is 2.72. The molecule has 5 unspecified atom stereocenters. The van der Waals surface area contributed by atoms with Gasteiger partial charge in [-0.05, 0) is 18.9 Å². The highest BCUT2D eigenvalue weighted by molar-refractivity contribution is 5.67. The Hall–Kier alpha value is -1.48. The van der Waals surface area contributed by atoms with Gasteiger partial charge in [0.15, 0.2) is 0 Å². The number of hydrogen-bond acceptors (Lipinski definition) is 8. The Labute approximate surface area is 157 Å². The molecule has 8 nitrogen and oxygen atoms in total. The highest BCUT2D eigenvalue weighted by Gasteiger charge is 2.86. The number of aliphatic hydroxyl groups excluding tert-OH is 2. The second-order valence-electron chi connectivity index (χ2n) is 8.45. The first-order chi connectivity index (χ1) is 12.6. The third-order valence-corrected chi connectivity index (χ3v) is 7.18. The van der Waals surface area contributed by atoms with Gasteiger partial charge in [-0.1, -0.05) is 13.0 Å². The van der Waals surface area contributed by atoms with Gasteiger partial charge in [-0.3, -0.25) is 9.59 Å². The number of ether oxygens (including phenoxy) is 4. The van der Waals surface area contributed by atoms with Gasteiger partial charge in [0, 0.05) is 19.3 Å². The maximum Gasteiger partial charge on any atom is 0.303 e. The lowest BCUT2D eigenvalue weighted by molar-refractivity contribution is -0.239. The molecule has 150 valence electrons. The van der Waals surface area contributed by atoms with Gasteiger partial charge in [-0.25, -0.2) is 0 Å². The predicted molar refractivity (Wildman–Crippen MR) is 90.5 cm³/mol. The van der Waals surface area contributed by atoms with Crippen molar-refractivity contribution in [3.05, 3.63) is 11.6 Å². The van der Waals surface area contributed by atoms with Crippen LogP contribution in [0.3, 0.4) is 0 Å². The first kappa shape index (κ1) is 18.9. The SMILES string of the molecule is CC(=O)OC[C@]12CC(O)C(C)=CC1OC1C(O)C(OC(C)=O)[C@@]2(C)[C@]12CO2. The molecule has 0 radical (unpaired) electrons. The lowest BCUT2D eigenvalue weighted by Crippen LogP contribution is -2.67. The van der Waals surface area contributed by atoms with Crippen LogP contribution in [0.2, 0.25) is 0 Å². The molecule has 2 N–H and O–H groups in total. The van der Waals surface area contributed by atoms with Crippen molar-refractivity contribution in [2.24, 2.45) is 10.8 Å². The third kappa shape index (κ3) is 2.24. The van der Waals surface area contributed by atoms with Crippen molar-refractivity contribution in [2.75, 3.05) is 13.2 Å². The first-order valence-electron chi connectivity index (χ1n) is 9.23. The van der Waals surface area contributed by atoms with E-state index in [0.717, 1.165) is 5.57 Å². The summed E-state index contributed by atoms with van der Waals surface area (Å²) in [5, 5.41) is 21.6. The maximum atomic E-state index is 11.8. The molecule has 2 aliphatic heterocycles. The number of aliphatic hydroxyl groups is 2. The zero-order valence-corrected chi connectivity index (χ0v) is 15.9. The molecule has 4 aliphatic rings. The Kier molecular flexibility index (Phi) is 4.03. The van der Waals surface area contributed by atoms with E-state index >= 15 is 0 Å². The van der Waals surface area contributed by atoms with Crippen molar-refractivity contribution in [3.8, 4) is 0 Å². The van der Waals surface area contributed by atoms with E-state index in [1.807, 2.05) is 19.9 Å². The molecular weight excluding hydrogens is 356 g/mol. The molecule has 2 heterocycles. The number of fused-ring (bicyclic) bond motifs is 2. The molecule has 8 heteroatoms. The lowest BCUT2D eigenvalue weighted by Gasteiger charge is -2.58. The zero-order valence-electron chi connectivity index (χ0n) is 15.9. The summed E-state index contributed by atoms with van der Waals surface area (Å²) in [4.78, 5) is 23.4. The highest BCUT2D eigenvalue weighted by atomic mass is 16.7. The molecule has 1 saturated carbocycles. The van der Waals surface area contributed by atoms with Crippen LogP contribution in [0.15, 0.2) is 11.6 Å². The topological polar surface area (TPSA) is 115 Å². The Balaban J connectivity index is 1.88. The van der Waals surface area contributed by atoms with Crippen molar-refractivity contribution in [1.82, 2.24) is 0 Å². The minimum absolute atomic E-state index is 0.0351. The van der Waals surface area contributed by atoms with E-state index in [1.165, 1.54) is 13.8 Å². The largest absolute Gasteiger partial charge is 0.465 e. The summed E-state index contributed by atoms with van der Waals surface area (Å²) in [6.45, 7) is 6.61. The maximum absolute atomic E-state index is 11.8. The zero-order chi connectivity index (χ0) is 19.8. The average Bonchev–Trinajstić information content (AvgIpc) is 3.36. The molecule has 0 aromatic heterocycles. The van der Waals surface area contributed by atoms with Crippen LogP contribution in [0.25, 0.3) is 0 Å². The van der Waals surface area contributed by atoms with Crippen LogP contribution in [0.5, 0.6) is 0 Å². The molecule has 0 amide bonds. The Morgan fingerprint density at radius 1 is 1.30 bits per heavy atom. The quantitative estimate of drug-likeness (QED) is 0.401. The number of carbonyl (C=O) groups is 2. The summed E-state index contributed by atoms with van der Waals surface area (Å²) in [6.07, 6.45) is -1.86. The van der Waals surface area contributed by atoms with E-state index in [-0.39, 0.29) is 13.0 Å². The van der Waals surface area contributed by atoms with E-state index in [9.17, 15) is 19.8 Å². The van der Waals surface area contributed by atoms with Crippen LogP contribution in [0.1, 0.15) is 34.1 Å². The smallest absolute Gasteiger partial charge is 0.303 e. The summed E-state index contributed by atoms with van der Waals surface area (Å²) in [7, 11) is 0. The molecule has 1 spiro atoms. The standard InChI is InChI=1S/C19H26O8/c1-9-5-13-18(6-12(9)22,7-24-10(2)20)17(4)15(26-11(3)21)14(23)16(27-13)19(17)8-25-19/h5,12-16,22-23H,6-8H2,1-4H3/t12?,13?,14?,15?,16?,17-,18-,19+/m1/s1. The molecule has 8 atom stereocenters. The van der Waals surface area contributed by atoms with Crippen LogP contribution >= 0.6 is 0 Å². The van der Waals surface area contributed by atoms with E-state index in [1.54, 1.807) is 0 Å². The number of rotatable bonds is 3. The molecule has 2 bridgehead atoms. The van der Waals surface area contributed by atoms with Crippen LogP contribution < -0.4 is 0 Å². The normalized spacial score (nSPS) is 50.0. The van der Waals surface area contributed by atoms with Crippen LogP contribution in [-0.4, -0.2) is 71.5 Å². The van der Waals surface area contributed by atoms with E-state index < -0.39 is 58.9 Å². The summed E-state index contributed by atoms with van der Waals surface area (Å²) >= 11 is 0. The Morgan fingerprint density at radius 2 is 1.96 bits per heavy atom. The van der Waals surface area contributed by atoms with E-state index in [0.29, 0.717) is 6.61 Å². The minimum Gasteiger partial charge on any atom is -0.465 e. The summed E-state index contributed by atoms with van der Waals surface area (Å²) in [5.41, 5.74) is -1.91. The lowest BCUT2D eigenvalue weighted by atomic mass is 9.51. The third-order valence-electron chi connectivity index (χ3n) is 7.18. The molecule has 3 fully saturated rings. The van der Waals surface area contributed by atoms with Crippen LogP contribution in [0.4, 0.5) is 0 Å². The van der Waals surface area contributed by atoms with Crippen LogP contribution in [-0.2, 0) is 28.5 Å². The molecule has 2 saturated heterocycles. The second kappa shape index (κ2) is 5.76. The minimum atomic E-state index is -1.08. The van der Waals surface area contributed by atoms with Crippen molar-refractivity contribution < 1.29 is 38.7 Å². The van der Waals surface area contributed by atoms with Gasteiger partial charge in [0.2, 0.25) is 0 Å². The fourth-order valence-corrected chi connectivity index (χ4v) is 5.60. The van der Waals surface area contributed by atoms with E-state index in [2.05, 4.69) is 0 Å². The molecule has 27 heavy (non-hydrogen) atoms. The van der Waals surface area contributed by atoms with Gasteiger partial charge >= 0.3 is 11.9 Å². The van der Waals surface area contributed by atoms with Crippen molar-refractivity contribution in [1.29, 1.82) is 0 Å². The Bertz CT molecular complexity index is 712. The summed E-state index contributed by atoms with van der Waals surface area (Å²) in [6, 6.07) is 0. The molecule has 0 aromatic carbocycles. The molecule has 0 aromatic rings. The van der Waals surface area contributed by atoms with Gasteiger partial charge in [0.05, 0.1) is 24.2 Å². The number of esters is 2. The van der Waals surface area contributed by atoms with Gasteiger partial charge in [0.1, 0.15) is 30.5 Å². The number of hydrogen-bond donors (Lipinski definition) is 2. The van der Waals surface area contributed by atoms with Crippen LogP contribution in [0, 0.1) is 10.8 Å². The van der Waals surface area contributed by atoms with Gasteiger partial charge in [-0.2, -0.15) is 0 Å². The first-order valence-corrected chi connectivity index (χ1v) is 9.23.